The number of amides is 2. The Morgan fingerprint density at radius 1 is 0.833 bits per heavy atom. The lowest BCUT2D eigenvalue weighted by Gasteiger charge is -2.20. The number of aliphatic carboxylic acids is 1. The summed E-state index contributed by atoms with van der Waals surface area (Å²) in [7, 11) is 0. The molecule has 0 radical (unpaired) electrons. The summed E-state index contributed by atoms with van der Waals surface area (Å²) in [5, 5.41) is 14.5. The minimum atomic E-state index is -1.02. The molecule has 9 nitrogen and oxygen atoms in total. The first-order chi connectivity index (χ1) is 22.9. The van der Waals surface area contributed by atoms with Crippen molar-refractivity contribution in [2.24, 2.45) is 5.92 Å². The molecule has 1 heterocycles. The van der Waals surface area contributed by atoms with Gasteiger partial charge in [0.25, 0.3) is 5.91 Å². The van der Waals surface area contributed by atoms with E-state index in [4.69, 9.17) is 9.84 Å². The van der Waals surface area contributed by atoms with Crippen molar-refractivity contribution in [3.05, 3.63) is 102 Å². The van der Waals surface area contributed by atoms with Gasteiger partial charge in [-0.3, -0.25) is 14.4 Å². The lowest BCUT2D eigenvalue weighted by Crippen LogP contribution is -2.48. The third-order valence-electron chi connectivity index (χ3n) is 7.96. The van der Waals surface area contributed by atoms with Gasteiger partial charge in [0, 0.05) is 42.0 Å². The number of benzene rings is 3. The number of carbonyl (C=O) groups is 3. The fourth-order valence-electron chi connectivity index (χ4n) is 5.07. The Labute approximate surface area is 283 Å². The summed E-state index contributed by atoms with van der Waals surface area (Å²) in [6, 6.07) is 21.8. The quantitative estimate of drug-likeness (QED) is 0.120. The highest BCUT2D eigenvalue weighted by molar-refractivity contribution is 5.97. The zero-order valence-electron chi connectivity index (χ0n) is 28.5. The molecule has 0 saturated heterocycles. The highest BCUT2D eigenvalue weighted by Crippen LogP contribution is 2.24. The zero-order chi connectivity index (χ0) is 34.7. The van der Waals surface area contributed by atoms with Gasteiger partial charge in [-0.2, -0.15) is 0 Å². The molecule has 0 unspecified atom stereocenters. The van der Waals surface area contributed by atoms with Crippen molar-refractivity contribution in [1.29, 1.82) is 0 Å². The third-order valence-corrected chi connectivity index (χ3v) is 7.96. The van der Waals surface area contributed by atoms with Gasteiger partial charge in [0.1, 0.15) is 11.8 Å². The molecule has 0 aliphatic heterocycles. The van der Waals surface area contributed by atoms with Crippen molar-refractivity contribution < 1.29 is 24.2 Å². The van der Waals surface area contributed by atoms with E-state index in [-0.39, 0.29) is 30.7 Å². The van der Waals surface area contributed by atoms with Gasteiger partial charge in [-0.15, -0.1) is 0 Å². The van der Waals surface area contributed by atoms with Gasteiger partial charge in [-0.25, -0.2) is 9.97 Å². The normalized spacial score (nSPS) is 12.0. The maximum atomic E-state index is 13.1. The third kappa shape index (κ3) is 10.8. The average Bonchev–Trinajstić information content (AvgIpc) is 3.06. The Morgan fingerprint density at radius 3 is 2.04 bits per heavy atom. The van der Waals surface area contributed by atoms with E-state index in [1.165, 1.54) is 0 Å². The van der Waals surface area contributed by atoms with Gasteiger partial charge in [0.05, 0.1) is 13.0 Å². The second kappa shape index (κ2) is 16.7. The number of carboxylic acids is 1. The number of carboxylic acid groups (broad SMARTS) is 1. The molecule has 2 amide bonds. The molecular weight excluding hydrogens is 604 g/mol. The summed E-state index contributed by atoms with van der Waals surface area (Å²) in [5.74, 6) is 0.214. The number of hydrogen-bond acceptors (Lipinski definition) is 6. The van der Waals surface area contributed by atoms with E-state index in [1.807, 2.05) is 60.7 Å². The molecule has 3 N–H and O–H groups in total. The number of hydrogen-bond donors (Lipinski definition) is 3. The Bertz CT molecular complexity index is 1640. The molecule has 0 bridgehead atoms. The van der Waals surface area contributed by atoms with E-state index in [0.717, 1.165) is 46.4 Å². The molecule has 1 aromatic heterocycles. The molecule has 0 aliphatic rings. The number of ether oxygens (including phenoxy) is 1. The molecule has 252 valence electrons. The van der Waals surface area contributed by atoms with Crippen LogP contribution in [0.1, 0.15) is 75.4 Å². The van der Waals surface area contributed by atoms with E-state index < -0.39 is 17.9 Å². The SMILES string of the molecule is CC(C)CCCOc1ccc(-c2cnc(-c3ccc(C[C@H](NC(=O)c4ccc(C(C)(C)C)cc4)C(=O)NCCC(=O)O)cc3)nc2)cc1. The summed E-state index contributed by atoms with van der Waals surface area (Å²) in [5.41, 5.74) is 4.96. The summed E-state index contributed by atoms with van der Waals surface area (Å²) in [6.45, 7) is 11.4. The van der Waals surface area contributed by atoms with Crippen molar-refractivity contribution in [2.45, 2.75) is 71.8 Å². The van der Waals surface area contributed by atoms with Crippen LogP contribution >= 0.6 is 0 Å². The number of nitrogens with one attached hydrogen (secondary N) is 2. The first-order valence-electron chi connectivity index (χ1n) is 16.4. The Morgan fingerprint density at radius 2 is 1.46 bits per heavy atom. The molecule has 4 aromatic rings. The predicted octanol–water partition coefficient (Wildman–Crippen LogP) is 6.86. The van der Waals surface area contributed by atoms with Crippen LogP contribution in [0.4, 0.5) is 0 Å². The maximum absolute atomic E-state index is 13.1. The van der Waals surface area contributed by atoms with Crippen LogP contribution in [-0.2, 0) is 21.4 Å². The summed E-state index contributed by atoms with van der Waals surface area (Å²) < 4.78 is 5.85. The Hall–Kier alpha value is -5.05. The molecule has 4 rings (SSSR count). The minimum Gasteiger partial charge on any atom is -0.494 e. The van der Waals surface area contributed by atoms with E-state index in [9.17, 15) is 14.4 Å². The number of aromatic nitrogens is 2. The molecule has 0 aliphatic carbocycles. The van der Waals surface area contributed by atoms with E-state index >= 15 is 0 Å². The minimum absolute atomic E-state index is 0.0382. The fourth-order valence-corrected chi connectivity index (χ4v) is 5.07. The molecule has 0 saturated carbocycles. The largest absolute Gasteiger partial charge is 0.494 e. The molecule has 48 heavy (non-hydrogen) atoms. The number of rotatable bonds is 15. The molecule has 9 heteroatoms. The summed E-state index contributed by atoms with van der Waals surface area (Å²) >= 11 is 0. The predicted molar refractivity (Wildman–Crippen MR) is 188 cm³/mol. The summed E-state index contributed by atoms with van der Waals surface area (Å²) in [4.78, 5) is 46.3. The molecular formula is C39H46N4O5. The first kappa shape index (κ1) is 35.8. The van der Waals surface area contributed by atoms with Crippen LogP contribution in [0.3, 0.4) is 0 Å². The van der Waals surface area contributed by atoms with Crippen LogP contribution in [0.15, 0.2) is 85.2 Å². The van der Waals surface area contributed by atoms with Gasteiger partial charge in [-0.1, -0.05) is 83.1 Å². The molecule has 1 atom stereocenters. The summed E-state index contributed by atoms with van der Waals surface area (Å²) in [6.07, 6.45) is 5.74. The van der Waals surface area contributed by atoms with Crippen LogP contribution < -0.4 is 15.4 Å². The smallest absolute Gasteiger partial charge is 0.305 e. The number of carbonyl (C=O) groups excluding carboxylic acids is 2. The van der Waals surface area contributed by atoms with Gasteiger partial charge in [-0.05, 0) is 65.1 Å². The van der Waals surface area contributed by atoms with Crippen molar-refractivity contribution in [1.82, 2.24) is 20.6 Å². The highest BCUT2D eigenvalue weighted by Gasteiger charge is 2.23. The van der Waals surface area contributed by atoms with Crippen LogP contribution in [0, 0.1) is 5.92 Å². The monoisotopic (exact) mass is 650 g/mol. The lowest BCUT2D eigenvalue weighted by molar-refractivity contribution is -0.137. The second-order valence-corrected chi connectivity index (χ2v) is 13.4. The van der Waals surface area contributed by atoms with Crippen LogP contribution in [-0.4, -0.2) is 52.1 Å². The van der Waals surface area contributed by atoms with E-state index in [0.29, 0.717) is 23.9 Å². The van der Waals surface area contributed by atoms with Crippen LogP contribution in [0.5, 0.6) is 5.75 Å². The molecule has 0 spiro atoms. The number of nitrogens with zero attached hydrogens (tertiary/aromatic N) is 2. The first-order valence-corrected chi connectivity index (χ1v) is 16.4. The van der Waals surface area contributed by atoms with Crippen LogP contribution in [0.2, 0.25) is 0 Å². The fraction of sp³-hybridized carbons (Fsp3) is 0.359. The second-order valence-electron chi connectivity index (χ2n) is 13.4. The molecule has 3 aromatic carbocycles. The van der Waals surface area contributed by atoms with Gasteiger partial charge in [0.2, 0.25) is 5.91 Å². The molecule has 0 fully saturated rings. The van der Waals surface area contributed by atoms with Gasteiger partial charge < -0.3 is 20.5 Å². The Balaban J connectivity index is 1.41. The Kier molecular flexibility index (Phi) is 12.4. The zero-order valence-corrected chi connectivity index (χ0v) is 28.5. The van der Waals surface area contributed by atoms with Gasteiger partial charge in [0.15, 0.2) is 5.82 Å². The van der Waals surface area contributed by atoms with Crippen LogP contribution in [0.25, 0.3) is 22.5 Å². The van der Waals surface area contributed by atoms with Crippen molar-refractivity contribution in [2.75, 3.05) is 13.2 Å². The van der Waals surface area contributed by atoms with Crippen molar-refractivity contribution in [3.63, 3.8) is 0 Å². The van der Waals surface area contributed by atoms with E-state index in [2.05, 4.69) is 55.2 Å². The van der Waals surface area contributed by atoms with Crippen molar-refractivity contribution in [3.8, 4) is 28.3 Å². The van der Waals surface area contributed by atoms with Crippen molar-refractivity contribution >= 4 is 17.8 Å². The van der Waals surface area contributed by atoms with Gasteiger partial charge >= 0.3 is 5.97 Å². The topological polar surface area (TPSA) is 131 Å². The van der Waals surface area contributed by atoms with E-state index in [1.54, 1.807) is 24.5 Å². The highest BCUT2D eigenvalue weighted by atomic mass is 16.5. The average molecular weight is 651 g/mol. The lowest BCUT2D eigenvalue weighted by atomic mass is 9.86. The standard InChI is InChI=1S/C39H46N4O5/c1-26(2)7-6-22-48-33-18-14-28(15-19-33)31-24-41-36(42-25-31)29-10-8-27(9-11-29)23-34(38(47)40-21-20-35(44)45)43-37(46)30-12-16-32(17-13-30)39(3,4)5/h8-19,24-26,34H,6-7,20-23H2,1-5H3,(H,40,47)(H,43,46)(H,44,45)/t34-/m0/s1. The maximum Gasteiger partial charge on any atom is 0.305 e.